The Morgan fingerprint density at radius 3 is 2.73 bits per heavy atom. The van der Waals surface area contributed by atoms with E-state index >= 15 is 0 Å². The predicted molar refractivity (Wildman–Crippen MR) is 77.0 cm³/mol. The van der Waals surface area contributed by atoms with E-state index < -0.39 is 0 Å². The van der Waals surface area contributed by atoms with Gasteiger partial charge in [0.1, 0.15) is 0 Å². The van der Waals surface area contributed by atoms with Crippen molar-refractivity contribution in [3.05, 3.63) is 58.6 Å². The van der Waals surface area contributed by atoms with Crippen LogP contribution in [0.5, 0.6) is 0 Å². The lowest BCUT2D eigenvalue weighted by atomic mass is 10.1. The van der Waals surface area contributed by atoms with Crippen LogP contribution in [-0.2, 0) is 6.42 Å². The normalized spacial score (nSPS) is 11.1. The Kier molecular flexibility index (Phi) is 2.78. The lowest BCUT2D eigenvalue weighted by Crippen LogP contribution is -1.99. The van der Waals surface area contributed by atoms with Gasteiger partial charge in [0, 0.05) is 12.4 Å². The second kappa shape index (κ2) is 4.92. The van der Waals surface area contributed by atoms with Crippen molar-refractivity contribution in [2.24, 2.45) is 0 Å². The van der Waals surface area contributed by atoms with Gasteiger partial charge < -0.3 is 14.5 Å². The first-order valence-electron chi connectivity index (χ1n) is 6.59. The van der Waals surface area contributed by atoms with Crippen molar-refractivity contribution in [3.63, 3.8) is 0 Å². The summed E-state index contributed by atoms with van der Waals surface area (Å²) in [5.74, 6) is 1.23. The summed E-state index contributed by atoms with van der Waals surface area (Å²) in [4.78, 5) is 29.1. The number of aromatic amines is 2. The summed E-state index contributed by atoms with van der Waals surface area (Å²) < 4.78 is 5.22. The molecule has 0 atom stereocenters. The average Bonchev–Trinajstić information content (AvgIpc) is 3.13. The third kappa shape index (κ3) is 2.26. The molecule has 8 heteroatoms. The molecule has 0 fully saturated rings. The Morgan fingerprint density at radius 1 is 1.05 bits per heavy atom. The molecule has 3 aromatic heterocycles. The monoisotopic (exact) mass is 294 g/mol. The van der Waals surface area contributed by atoms with Gasteiger partial charge >= 0.3 is 5.69 Å². The number of aromatic nitrogens is 6. The summed E-state index contributed by atoms with van der Waals surface area (Å²) >= 11 is 0. The fourth-order valence-electron chi connectivity index (χ4n) is 2.20. The van der Waals surface area contributed by atoms with E-state index in [9.17, 15) is 4.79 Å². The highest BCUT2D eigenvalue weighted by Crippen LogP contribution is 2.15. The molecule has 0 saturated carbocycles. The van der Waals surface area contributed by atoms with Crippen molar-refractivity contribution in [2.45, 2.75) is 6.42 Å². The molecular formula is C14H10N6O2. The van der Waals surface area contributed by atoms with Gasteiger partial charge in [0.25, 0.3) is 0 Å². The van der Waals surface area contributed by atoms with Gasteiger partial charge in [-0.3, -0.25) is 0 Å². The molecule has 0 aliphatic rings. The zero-order valence-electron chi connectivity index (χ0n) is 11.3. The lowest BCUT2D eigenvalue weighted by molar-refractivity contribution is 0.385. The minimum atomic E-state index is -0.228. The number of hydrogen-bond acceptors (Lipinski definition) is 6. The minimum absolute atomic E-state index is 0.228. The largest absolute Gasteiger partial charge is 0.339 e. The van der Waals surface area contributed by atoms with Gasteiger partial charge in [0.2, 0.25) is 17.5 Å². The highest BCUT2D eigenvalue weighted by atomic mass is 16.5. The maximum atomic E-state index is 11.3. The van der Waals surface area contributed by atoms with Gasteiger partial charge in [-0.15, -0.1) is 0 Å². The van der Waals surface area contributed by atoms with Crippen LogP contribution in [0.15, 0.2) is 46.0 Å². The zero-order valence-corrected chi connectivity index (χ0v) is 11.3. The SMILES string of the molecule is O=c1[nH]c2ccc(Cc3nc(-c4ncccn4)no3)cc2[nH]1. The van der Waals surface area contributed by atoms with Crippen molar-refractivity contribution in [3.8, 4) is 11.6 Å². The smallest absolute Gasteiger partial charge is 0.323 e. The first kappa shape index (κ1) is 12.5. The summed E-state index contributed by atoms with van der Waals surface area (Å²) in [6.07, 6.45) is 3.70. The molecule has 4 rings (SSSR count). The Labute approximate surface area is 123 Å². The van der Waals surface area contributed by atoms with E-state index in [1.54, 1.807) is 18.5 Å². The van der Waals surface area contributed by atoms with Crippen LogP contribution in [0.2, 0.25) is 0 Å². The van der Waals surface area contributed by atoms with E-state index in [1.165, 1.54) is 0 Å². The maximum absolute atomic E-state index is 11.3. The topological polar surface area (TPSA) is 113 Å². The second-order valence-electron chi connectivity index (χ2n) is 4.72. The van der Waals surface area contributed by atoms with Crippen LogP contribution < -0.4 is 5.69 Å². The number of benzene rings is 1. The van der Waals surface area contributed by atoms with E-state index in [1.807, 2.05) is 18.2 Å². The fourth-order valence-corrected chi connectivity index (χ4v) is 2.20. The standard InChI is InChI=1S/C14H10N6O2/c21-14-17-9-3-2-8(6-10(9)18-14)7-11-19-13(20-22-11)12-15-4-1-5-16-12/h1-6H,7H2,(H2,17,18,21). The van der Waals surface area contributed by atoms with Crippen LogP contribution in [0.25, 0.3) is 22.7 Å². The molecule has 108 valence electrons. The van der Waals surface area contributed by atoms with Crippen LogP contribution in [0, 0.1) is 0 Å². The molecule has 4 aromatic rings. The zero-order chi connectivity index (χ0) is 14.9. The Bertz CT molecular complexity index is 985. The summed E-state index contributed by atoms with van der Waals surface area (Å²) in [5, 5.41) is 3.87. The van der Waals surface area contributed by atoms with E-state index in [-0.39, 0.29) is 5.69 Å². The molecule has 22 heavy (non-hydrogen) atoms. The van der Waals surface area contributed by atoms with Crippen molar-refractivity contribution >= 4 is 11.0 Å². The van der Waals surface area contributed by atoms with Crippen molar-refractivity contribution in [1.29, 1.82) is 0 Å². The number of hydrogen-bond donors (Lipinski definition) is 2. The van der Waals surface area contributed by atoms with E-state index in [0.717, 1.165) is 16.6 Å². The van der Waals surface area contributed by atoms with Crippen molar-refractivity contribution < 1.29 is 4.52 Å². The van der Waals surface area contributed by atoms with Crippen LogP contribution >= 0.6 is 0 Å². The summed E-state index contributed by atoms with van der Waals surface area (Å²) in [5.41, 5.74) is 2.23. The predicted octanol–water partition coefficient (Wildman–Crippen LogP) is 1.29. The first-order valence-corrected chi connectivity index (χ1v) is 6.59. The number of nitrogens with zero attached hydrogens (tertiary/aromatic N) is 4. The maximum Gasteiger partial charge on any atom is 0.323 e. The molecule has 0 spiro atoms. The van der Waals surface area contributed by atoms with Gasteiger partial charge in [0.15, 0.2) is 0 Å². The van der Waals surface area contributed by atoms with Crippen LogP contribution in [-0.4, -0.2) is 30.1 Å². The van der Waals surface area contributed by atoms with Gasteiger partial charge in [-0.2, -0.15) is 4.98 Å². The van der Waals surface area contributed by atoms with Crippen LogP contribution in [0.3, 0.4) is 0 Å². The molecule has 0 amide bonds. The minimum Gasteiger partial charge on any atom is -0.339 e. The Morgan fingerprint density at radius 2 is 1.86 bits per heavy atom. The molecular weight excluding hydrogens is 284 g/mol. The molecule has 0 saturated heterocycles. The molecule has 2 N–H and O–H groups in total. The summed E-state index contributed by atoms with van der Waals surface area (Å²) in [7, 11) is 0. The lowest BCUT2D eigenvalue weighted by Gasteiger charge is -1.96. The highest BCUT2D eigenvalue weighted by Gasteiger charge is 2.11. The number of H-pyrrole nitrogens is 2. The van der Waals surface area contributed by atoms with Gasteiger partial charge in [0.05, 0.1) is 17.5 Å². The molecule has 0 unspecified atom stereocenters. The molecule has 0 bridgehead atoms. The Hall–Kier alpha value is -3.29. The number of nitrogens with one attached hydrogen (secondary N) is 2. The van der Waals surface area contributed by atoms with Crippen molar-refractivity contribution in [1.82, 2.24) is 30.1 Å². The van der Waals surface area contributed by atoms with Gasteiger partial charge in [-0.1, -0.05) is 11.2 Å². The number of imidazole rings is 1. The van der Waals surface area contributed by atoms with Crippen LogP contribution in [0.4, 0.5) is 0 Å². The first-order chi connectivity index (χ1) is 10.8. The highest BCUT2D eigenvalue weighted by molar-refractivity contribution is 5.75. The quantitative estimate of drug-likeness (QED) is 0.588. The second-order valence-corrected chi connectivity index (χ2v) is 4.72. The average molecular weight is 294 g/mol. The third-order valence-electron chi connectivity index (χ3n) is 3.17. The molecule has 1 aromatic carbocycles. The number of rotatable bonds is 3. The summed E-state index contributed by atoms with van der Waals surface area (Å²) in [6, 6.07) is 7.32. The third-order valence-corrected chi connectivity index (χ3v) is 3.17. The number of fused-ring (bicyclic) bond motifs is 1. The van der Waals surface area contributed by atoms with E-state index in [2.05, 4.69) is 30.1 Å². The fraction of sp³-hybridized carbons (Fsp3) is 0.0714. The molecule has 3 heterocycles. The molecule has 0 aliphatic heterocycles. The van der Waals surface area contributed by atoms with Gasteiger partial charge in [-0.05, 0) is 23.8 Å². The molecule has 0 aliphatic carbocycles. The molecule has 0 radical (unpaired) electrons. The van der Waals surface area contributed by atoms with Crippen LogP contribution in [0.1, 0.15) is 11.5 Å². The van der Waals surface area contributed by atoms with Gasteiger partial charge in [-0.25, -0.2) is 14.8 Å². The Balaban J connectivity index is 1.62. The summed E-state index contributed by atoms with van der Waals surface area (Å²) in [6.45, 7) is 0. The van der Waals surface area contributed by atoms with Crippen molar-refractivity contribution in [2.75, 3.05) is 0 Å². The van der Waals surface area contributed by atoms with E-state index in [0.29, 0.717) is 24.0 Å². The molecule has 8 nitrogen and oxygen atoms in total. The van der Waals surface area contributed by atoms with E-state index in [4.69, 9.17) is 4.52 Å².